The molecule has 0 atom stereocenters. The predicted molar refractivity (Wildman–Crippen MR) is 125 cm³/mol. The van der Waals surface area contributed by atoms with Crippen LogP contribution in [-0.4, -0.2) is 71.5 Å². The van der Waals surface area contributed by atoms with E-state index in [1.807, 2.05) is 58.0 Å². The maximum Gasteiger partial charge on any atom is 0.410 e. The van der Waals surface area contributed by atoms with Crippen LogP contribution >= 0.6 is 0 Å². The summed E-state index contributed by atoms with van der Waals surface area (Å²) in [4.78, 5) is 28.2. The molecular formula is C25H38FN3O4. The molecule has 0 saturated carbocycles. The number of rotatable bonds is 5. The van der Waals surface area contributed by atoms with Crippen LogP contribution in [0.2, 0.25) is 0 Å². The summed E-state index contributed by atoms with van der Waals surface area (Å²) in [6.07, 6.45) is 1.28. The number of piperidine rings is 2. The summed E-state index contributed by atoms with van der Waals surface area (Å²) in [6, 6.07) is 9.53. The molecule has 1 aromatic rings. The lowest BCUT2D eigenvalue weighted by Gasteiger charge is -2.43. The van der Waals surface area contributed by atoms with Crippen molar-refractivity contribution in [2.45, 2.75) is 76.8 Å². The van der Waals surface area contributed by atoms with E-state index in [-0.39, 0.29) is 18.2 Å². The van der Waals surface area contributed by atoms with E-state index in [9.17, 15) is 9.59 Å². The number of carbonyl (C=O) groups is 2. The molecule has 1 N–H and O–H groups in total. The van der Waals surface area contributed by atoms with E-state index in [4.69, 9.17) is 9.47 Å². The molecule has 2 amide bonds. The van der Waals surface area contributed by atoms with Crippen molar-refractivity contribution in [1.29, 1.82) is 0 Å². The Bertz CT molecular complexity index is 796. The number of carbonyl (C=O) groups excluding carboxylic acids is 2. The number of halogens is 1. The number of likely N-dealkylation sites (tertiary alicyclic amines) is 2. The van der Waals surface area contributed by atoms with Crippen molar-refractivity contribution in [2.24, 2.45) is 0 Å². The SMILES string of the molecule is CC1(NC(=O)OC(C)(C)C)CCN(CC2(F)CCN(C(=O)OCc3ccccc3)CC2)CC1. The van der Waals surface area contributed by atoms with Gasteiger partial charge in [0.25, 0.3) is 0 Å². The van der Waals surface area contributed by atoms with Crippen LogP contribution in [0.5, 0.6) is 0 Å². The number of nitrogens with zero attached hydrogens (tertiary/aromatic N) is 2. The molecular weight excluding hydrogens is 425 g/mol. The van der Waals surface area contributed by atoms with Crippen LogP contribution in [0.3, 0.4) is 0 Å². The number of hydrogen-bond donors (Lipinski definition) is 1. The van der Waals surface area contributed by atoms with Crippen LogP contribution in [0.4, 0.5) is 14.0 Å². The molecule has 2 heterocycles. The van der Waals surface area contributed by atoms with Gasteiger partial charge in [0.05, 0.1) is 0 Å². The predicted octanol–water partition coefficient (Wildman–Crippen LogP) is 4.51. The molecule has 0 unspecified atom stereocenters. The Morgan fingerprint density at radius 3 is 2.21 bits per heavy atom. The average molecular weight is 464 g/mol. The van der Waals surface area contributed by atoms with Crippen molar-refractivity contribution < 1.29 is 23.5 Å². The molecule has 184 valence electrons. The van der Waals surface area contributed by atoms with E-state index in [0.29, 0.717) is 45.6 Å². The average Bonchev–Trinajstić information content (AvgIpc) is 2.73. The summed E-state index contributed by atoms with van der Waals surface area (Å²) in [5.41, 5.74) is -1.28. The molecule has 2 fully saturated rings. The van der Waals surface area contributed by atoms with E-state index in [0.717, 1.165) is 18.4 Å². The molecule has 0 radical (unpaired) electrons. The van der Waals surface area contributed by atoms with Gasteiger partial charge >= 0.3 is 12.2 Å². The fourth-order valence-electron chi connectivity index (χ4n) is 4.34. The summed E-state index contributed by atoms with van der Waals surface area (Å²) in [7, 11) is 0. The van der Waals surface area contributed by atoms with Crippen LogP contribution < -0.4 is 5.32 Å². The van der Waals surface area contributed by atoms with Gasteiger partial charge in [-0.2, -0.15) is 0 Å². The number of alkyl carbamates (subject to hydrolysis) is 1. The first-order chi connectivity index (χ1) is 15.5. The Balaban J connectivity index is 1.40. The fraction of sp³-hybridized carbons (Fsp3) is 0.680. The molecule has 1 aromatic carbocycles. The maximum absolute atomic E-state index is 15.5. The summed E-state index contributed by atoms with van der Waals surface area (Å²) < 4.78 is 26.3. The van der Waals surface area contributed by atoms with Crippen molar-refractivity contribution in [2.75, 3.05) is 32.7 Å². The van der Waals surface area contributed by atoms with Crippen molar-refractivity contribution >= 4 is 12.2 Å². The lowest BCUT2D eigenvalue weighted by atomic mass is 9.87. The standard InChI is InChI=1S/C25H38FN3O4/c1-23(2,3)33-21(30)27-24(4)10-14-28(15-11-24)19-25(26)12-16-29(17-13-25)22(31)32-18-20-8-6-5-7-9-20/h5-9H,10-19H2,1-4H3,(H,27,30). The highest BCUT2D eigenvalue weighted by atomic mass is 19.1. The van der Waals surface area contributed by atoms with Crippen LogP contribution in [0.25, 0.3) is 0 Å². The second-order valence-electron chi connectivity index (χ2n) is 10.6. The normalized spacial score (nSPS) is 20.7. The minimum atomic E-state index is -1.32. The first-order valence-corrected chi connectivity index (χ1v) is 11.8. The van der Waals surface area contributed by atoms with Gasteiger partial charge in [0.2, 0.25) is 0 Å². The number of ether oxygens (including phenoxy) is 2. The van der Waals surface area contributed by atoms with E-state index >= 15 is 4.39 Å². The Morgan fingerprint density at radius 1 is 1.03 bits per heavy atom. The Labute approximate surface area is 196 Å². The molecule has 0 aromatic heterocycles. The van der Waals surface area contributed by atoms with Gasteiger partial charge in [0.1, 0.15) is 17.9 Å². The topological polar surface area (TPSA) is 71.1 Å². The summed E-state index contributed by atoms with van der Waals surface area (Å²) in [5, 5.41) is 2.99. The zero-order chi connectivity index (χ0) is 24.1. The summed E-state index contributed by atoms with van der Waals surface area (Å²) in [6.45, 7) is 10.2. The first-order valence-electron chi connectivity index (χ1n) is 11.8. The lowest BCUT2D eigenvalue weighted by molar-refractivity contribution is 0.00483. The third kappa shape index (κ3) is 7.88. The molecule has 0 bridgehead atoms. The second kappa shape index (κ2) is 10.3. The zero-order valence-electron chi connectivity index (χ0n) is 20.4. The van der Waals surface area contributed by atoms with Crippen LogP contribution in [0.1, 0.15) is 58.9 Å². The first kappa shape index (κ1) is 25.3. The van der Waals surface area contributed by atoms with Gasteiger partial charge in [-0.1, -0.05) is 30.3 Å². The van der Waals surface area contributed by atoms with Gasteiger partial charge in [0, 0.05) is 51.1 Å². The van der Waals surface area contributed by atoms with Crippen molar-refractivity contribution in [3.8, 4) is 0 Å². The van der Waals surface area contributed by atoms with Gasteiger partial charge in [0.15, 0.2) is 0 Å². The van der Waals surface area contributed by atoms with Crippen molar-refractivity contribution in [1.82, 2.24) is 15.1 Å². The molecule has 2 aliphatic rings. The van der Waals surface area contributed by atoms with E-state index in [1.165, 1.54) is 0 Å². The van der Waals surface area contributed by atoms with Crippen molar-refractivity contribution in [3.05, 3.63) is 35.9 Å². The molecule has 33 heavy (non-hydrogen) atoms. The molecule has 2 saturated heterocycles. The molecule has 0 spiro atoms. The number of nitrogens with one attached hydrogen (secondary N) is 1. The zero-order valence-corrected chi connectivity index (χ0v) is 20.4. The van der Waals surface area contributed by atoms with E-state index in [2.05, 4.69) is 10.2 Å². The quantitative estimate of drug-likeness (QED) is 0.696. The number of amides is 2. The Kier molecular flexibility index (Phi) is 7.88. The third-order valence-electron chi connectivity index (χ3n) is 6.39. The van der Waals surface area contributed by atoms with E-state index < -0.39 is 17.4 Å². The Morgan fingerprint density at radius 2 is 1.64 bits per heavy atom. The monoisotopic (exact) mass is 463 g/mol. The summed E-state index contributed by atoms with van der Waals surface area (Å²) >= 11 is 0. The van der Waals surface area contributed by atoms with Crippen LogP contribution in [-0.2, 0) is 16.1 Å². The third-order valence-corrected chi connectivity index (χ3v) is 6.39. The minimum absolute atomic E-state index is 0.223. The fourth-order valence-corrected chi connectivity index (χ4v) is 4.34. The van der Waals surface area contributed by atoms with Gasteiger partial charge in [-0.25, -0.2) is 14.0 Å². The number of hydrogen-bond acceptors (Lipinski definition) is 5. The van der Waals surface area contributed by atoms with E-state index in [1.54, 1.807) is 4.90 Å². The highest BCUT2D eigenvalue weighted by Crippen LogP contribution is 2.31. The van der Waals surface area contributed by atoms with Gasteiger partial charge < -0.3 is 19.7 Å². The molecule has 8 heteroatoms. The lowest BCUT2D eigenvalue weighted by Crippen LogP contribution is -2.57. The maximum atomic E-state index is 15.5. The second-order valence-corrected chi connectivity index (χ2v) is 10.6. The highest BCUT2D eigenvalue weighted by molar-refractivity contribution is 5.69. The van der Waals surface area contributed by atoms with Crippen molar-refractivity contribution in [3.63, 3.8) is 0 Å². The molecule has 2 aliphatic heterocycles. The molecule has 3 rings (SSSR count). The molecule has 0 aliphatic carbocycles. The summed E-state index contributed by atoms with van der Waals surface area (Å²) in [5.74, 6) is 0. The van der Waals surface area contributed by atoms with Crippen LogP contribution in [0, 0.1) is 0 Å². The minimum Gasteiger partial charge on any atom is -0.445 e. The van der Waals surface area contributed by atoms with Gasteiger partial charge in [-0.3, -0.25) is 4.90 Å². The highest BCUT2D eigenvalue weighted by Gasteiger charge is 2.40. The largest absolute Gasteiger partial charge is 0.445 e. The van der Waals surface area contributed by atoms with Crippen LogP contribution in [0.15, 0.2) is 30.3 Å². The number of alkyl halides is 1. The van der Waals surface area contributed by atoms with Gasteiger partial charge in [-0.15, -0.1) is 0 Å². The number of benzene rings is 1. The smallest absolute Gasteiger partial charge is 0.410 e. The van der Waals surface area contributed by atoms with Gasteiger partial charge in [-0.05, 0) is 46.1 Å². The Hall–Kier alpha value is -2.35. The molecule has 7 nitrogen and oxygen atoms in total.